The summed E-state index contributed by atoms with van der Waals surface area (Å²) in [7, 11) is 1.25. The van der Waals surface area contributed by atoms with Crippen molar-refractivity contribution in [1.82, 2.24) is 9.55 Å². The molecule has 0 amide bonds. The molecular formula is C11H16N2O7. The second-order valence-corrected chi connectivity index (χ2v) is 4.58. The van der Waals surface area contributed by atoms with Crippen LogP contribution in [0, 0.1) is 0 Å². The third-order valence-corrected chi connectivity index (χ3v) is 3.18. The molecule has 2 heterocycles. The van der Waals surface area contributed by atoms with Crippen molar-refractivity contribution in [2.24, 2.45) is 0 Å². The SMILES string of the molecule is COc1cn([C@@H]2O[C@H]([C@H](C)O)[C@@H](O)[C@H]2O)c(=O)[nH]c1=O. The van der Waals surface area contributed by atoms with Gasteiger partial charge in [-0.25, -0.2) is 4.79 Å². The van der Waals surface area contributed by atoms with Gasteiger partial charge in [-0.3, -0.25) is 14.3 Å². The molecule has 9 heteroatoms. The zero-order valence-electron chi connectivity index (χ0n) is 10.9. The van der Waals surface area contributed by atoms with Gasteiger partial charge in [-0.05, 0) is 6.92 Å². The fourth-order valence-electron chi connectivity index (χ4n) is 2.12. The largest absolute Gasteiger partial charge is 0.490 e. The van der Waals surface area contributed by atoms with E-state index in [2.05, 4.69) is 0 Å². The molecule has 0 aromatic carbocycles. The van der Waals surface area contributed by atoms with Crippen molar-refractivity contribution in [1.29, 1.82) is 0 Å². The molecule has 1 aliphatic heterocycles. The number of aromatic amines is 1. The summed E-state index contributed by atoms with van der Waals surface area (Å²) in [6.45, 7) is 1.39. The van der Waals surface area contributed by atoms with Gasteiger partial charge in [0.2, 0.25) is 5.75 Å². The summed E-state index contributed by atoms with van der Waals surface area (Å²) in [5.74, 6) is -0.143. The Morgan fingerprint density at radius 1 is 1.40 bits per heavy atom. The van der Waals surface area contributed by atoms with Crippen LogP contribution in [0.5, 0.6) is 5.75 Å². The average molecular weight is 288 g/mol. The smallest absolute Gasteiger partial charge is 0.330 e. The van der Waals surface area contributed by atoms with Crippen LogP contribution in [0.25, 0.3) is 0 Å². The summed E-state index contributed by atoms with van der Waals surface area (Å²) in [6.07, 6.45) is -5.02. The van der Waals surface area contributed by atoms with Crippen molar-refractivity contribution < 1.29 is 24.8 Å². The highest BCUT2D eigenvalue weighted by atomic mass is 16.6. The number of ether oxygens (including phenoxy) is 2. The first-order valence-electron chi connectivity index (χ1n) is 5.96. The van der Waals surface area contributed by atoms with Gasteiger partial charge < -0.3 is 24.8 Å². The Morgan fingerprint density at radius 3 is 2.55 bits per heavy atom. The first-order valence-corrected chi connectivity index (χ1v) is 5.96. The van der Waals surface area contributed by atoms with Gasteiger partial charge in [0.15, 0.2) is 6.23 Å². The molecule has 1 fully saturated rings. The van der Waals surface area contributed by atoms with Crippen molar-refractivity contribution in [3.63, 3.8) is 0 Å². The summed E-state index contributed by atoms with van der Waals surface area (Å²) in [4.78, 5) is 25.1. The number of hydrogen-bond acceptors (Lipinski definition) is 7. The van der Waals surface area contributed by atoms with Crippen LogP contribution in [0.3, 0.4) is 0 Å². The lowest BCUT2D eigenvalue weighted by atomic mass is 10.1. The predicted molar refractivity (Wildman–Crippen MR) is 65.5 cm³/mol. The normalized spacial score (nSPS) is 31.2. The van der Waals surface area contributed by atoms with Crippen LogP contribution in [-0.2, 0) is 4.74 Å². The van der Waals surface area contributed by atoms with Crippen molar-refractivity contribution >= 4 is 0 Å². The Hall–Kier alpha value is -1.68. The maximum Gasteiger partial charge on any atom is 0.330 e. The van der Waals surface area contributed by atoms with Crippen LogP contribution in [0.2, 0.25) is 0 Å². The minimum absolute atomic E-state index is 0.143. The monoisotopic (exact) mass is 288 g/mol. The van der Waals surface area contributed by atoms with Crippen molar-refractivity contribution in [2.75, 3.05) is 7.11 Å². The van der Waals surface area contributed by atoms with E-state index in [0.29, 0.717) is 0 Å². The Bertz CT molecular complexity index is 593. The lowest BCUT2D eigenvalue weighted by molar-refractivity contribution is -0.0805. The van der Waals surface area contributed by atoms with Gasteiger partial charge in [0, 0.05) is 0 Å². The minimum atomic E-state index is -1.43. The van der Waals surface area contributed by atoms with Crippen molar-refractivity contribution in [3.05, 3.63) is 27.0 Å². The third-order valence-electron chi connectivity index (χ3n) is 3.18. The molecule has 1 saturated heterocycles. The quantitative estimate of drug-likeness (QED) is 0.485. The number of rotatable bonds is 3. The van der Waals surface area contributed by atoms with E-state index in [-0.39, 0.29) is 5.75 Å². The fourth-order valence-corrected chi connectivity index (χ4v) is 2.12. The van der Waals surface area contributed by atoms with Gasteiger partial charge in [0.1, 0.15) is 18.3 Å². The standard InChI is InChI=1S/C11H16N2O7/c1-4(14)8-6(15)7(16)10(20-8)13-3-5(19-2)9(17)12-11(13)18/h3-4,6-8,10,14-16H,1-2H3,(H,12,17,18)/t4-,6-,7+,8+,10+/m0/s1. The van der Waals surface area contributed by atoms with Crippen LogP contribution in [0.4, 0.5) is 0 Å². The summed E-state index contributed by atoms with van der Waals surface area (Å²) in [5.41, 5.74) is -1.54. The molecule has 0 spiro atoms. The van der Waals surface area contributed by atoms with E-state index in [1.807, 2.05) is 4.98 Å². The molecule has 0 aliphatic carbocycles. The number of nitrogens with one attached hydrogen (secondary N) is 1. The van der Waals surface area contributed by atoms with Crippen LogP contribution in [0.15, 0.2) is 15.8 Å². The van der Waals surface area contributed by atoms with Crippen LogP contribution in [-0.4, -0.2) is 56.4 Å². The maximum atomic E-state index is 11.7. The third kappa shape index (κ3) is 2.36. The van der Waals surface area contributed by atoms with E-state index >= 15 is 0 Å². The second-order valence-electron chi connectivity index (χ2n) is 4.58. The first kappa shape index (κ1) is 14.7. The Morgan fingerprint density at radius 2 is 2.05 bits per heavy atom. The molecule has 1 aliphatic rings. The first-order chi connectivity index (χ1) is 9.36. The zero-order chi connectivity index (χ0) is 15.0. The number of methoxy groups -OCH3 is 1. The van der Waals surface area contributed by atoms with E-state index in [1.165, 1.54) is 14.0 Å². The predicted octanol–water partition coefficient (Wildman–Crippen LogP) is -2.45. The van der Waals surface area contributed by atoms with Gasteiger partial charge in [-0.2, -0.15) is 0 Å². The van der Waals surface area contributed by atoms with Crippen LogP contribution in [0.1, 0.15) is 13.2 Å². The lowest BCUT2D eigenvalue weighted by Crippen LogP contribution is -2.39. The molecule has 0 radical (unpaired) electrons. The molecule has 1 aromatic heterocycles. The van der Waals surface area contributed by atoms with Gasteiger partial charge >= 0.3 is 5.69 Å². The average Bonchev–Trinajstić information content (AvgIpc) is 2.67. The number of aromatic nitrogens is 2. The van der Waals surface area contributed by atoms with Crippen molar-refractivity contribution in [3.8, 4) is 5.75 Å². The van der Waals surface area contributed by atoms with Crippen molar-refractivity contribution in [2.45, 2.75) is 37.6 Å². The topological polar surface area (TPSA) is 134 Å². The Balaban J connectivity index is 2.42. The molecule has 5 atom stereocenters. The highest BCUT2D eigenvalue weighted by Gasteiger charge is 2.46. The lowest BCUT2D eigenvalue weighted by Gasteiger charge is -2.18. The highest BCUT2D eigenvalue weighted by molar-refractivity contribution is 5.12. The number of H-pyrrole nitrogens is 1. The van der Waals surface area contributed by atoms with Crippen LogP contribution >= 0.6 is 0 Å². The second kappa shape index (κ2) is 5.37. The van der Waals surface area contributed by atoms with Crippen LogP contribution < -0.4 is 16.0 Å². The molecule has 0 bridgehead atoms. The molecular weight excluding hydrogens is 272 g/mol. The van der Waals surface area contributed by atoms with E-state index in [1.54, 1.807) is 0 Å². The molecule has 112 valence electrons. The van der Waals surface area contributed by atoms with Gasteiger partial charge in [0.25, 0.3) is 5.56 Å². The Labute approximate surface area is 113 Å². The molecule has 0 saturated carbocycles. The van der Waals surface area contributed by atoms with E-state index in [9.17, 15) is 24.9 Å². The number of aliphatic hydroxyl groups excluding tert-OH is 3. The number of nitrogens with zero attached hydrogens (tertiary/aromatic N) is 1. The summed E-state index contributed by atoms with van der Waals surface area (Å²) in [6, 6.07) is 0. The van der Waals surface area contributed by atoms with Gasteiger partial charge in [-0.1, -0.05) is 0 Å². The van der Waals surface area contributed by atoms with E-state index < -0.39 is 41.9 Å². The number of hydrogen-bond donors (Lipinski definition) is 4. The van der Waals surface area contributed by atoms with Gasteiger partial charge in [-0.15, -0.1) is 0 Å². The fraction of sp³-hybridized carbons (Fsp3) is 0.636. The highest BCUT2D eigenvalue weighted by Crippen LogP contribution is 2.30. The molecule has 0 unspecified atom stereocenters. The summed E-state index contributed by atoms with van der Waals surface area (Å²) < 4.78 is 11.0. The zero-order valence-corrected chi connectivity index (χ0v) is 10.9. The summed E-state index contributed by atoms with van der Waals surface area (Å²) >= 11 is 0. The molecule has 4 N–H and O–H groups in total. The van der Waals surface area contributed by atoms with Gasteiger partial charge in [0.05, 0.1) is 19.4 Å². The molecule has 1 aromatic rings. The molecule has 2 rings (SSSR count). The van der Waals surface area contributed by atoms with E-state index in [0.717, 1.165) is 10.8 Å². The number of aliphatic hydroxyl groups is 3. The Kier molecular flexibility index (Phi) is 3.95. The molecule has 20 heavy (non-hydrogen) atoms. The minimum Gasteiger partial charge on any atom is -0.490 e. The summed E-state index contributed by atoms with van der Waals surface area (Å²) in [5, 5.41) is 29.1. The molecule has 9 nitrogen and oxygen atoms in total. The van der Waals surface area contributed by atoms with E-state index in [4.69, 9.17) is 9.47 Å². The maximum absolute atomic E-state index is 11.7.